The zero-order chi connectivity index (χ0) is 31.7. The maximum atomic E-state index is 14.7. The molecule has 0 saturated heterocycles. The predicted molar refractivity (Wildman–Crippen MR) is 174 cm³/mol. The predicted octanol–water partition coefficient (Wildman–Crippen LogP) is 6.70. The molecule has 6 aromatic rings. The third-order valence-electron chi connectivity index (χ3n) is 8.59. The minimum absolute atomic E-state index is 0.143. The maximum Gasteiger partial charge on any atom is 0.182 e. The highest BCUT2D eigenvalue weighted by Crippen LogP contribution is 2.46. The molecule has 1 atom stereocenters. The molecule has 2 heterocycles. The first-order valence-electron chi connectivity index (χ1n) is 15.0. The highest BCUT2D eigenvalue weighted by Gasteiger charge is 2.55. The van der Waals surface area contributed by atoms with Crippen LogP contribution in [0.5, 0.6) is 17.2 Å². The van der Waals surface area contributed by atoms with Crippen molar-refractivity contribution >= 4 is 22.6 Å². The number of imidazole rings is 1. The number of carbonyl (C=O) groups excluding carboxylic acids is 2. The number of fused-ring (bicyclic) bond motifs is 2. The molecule has 8 heteroatoms. The second kappa shape index (κ2) is 12.0. The van der Waals surface area contributed by atoms with Crippen LogP contribution >= 0.6 is 0 Å². The van der Waals surface area contributed by atoms with Crippen molar-refractivity contribution < 1.29 is 23.8 Å². The van der Waals surface area contributed by atoms with Gasteiger partial charge in [0.05, 0.1) is 19.7 Å². The third kappa shape index (κ3) is 5.07. The zero-order valence-electron chi connectivity index (χ0n) is 25.4. The Hall–Kier alpha value is -5.76. The number of aromatic amines is 1. The van der Waals surface area contributed by atoms with Crippen LogP contribution < -0.4 is 14.2 Å². The lowest BCUT2D eigenvalue weighted by molar-refractivity contribution is 0.0794. The molecule has 1 unspecified atom stereocenters. The van der Waals surface area contributed by atoms with Gasteiger partial charge in [0.25, 0.3) is 0 Å². The van der Waals surface area contributed by atoms with Crippen molar-refractivity contribution in [3.05, 3.63) is 149 Å². The minimum Gasteiger partial charge on any atom is -0.497 e. The molecule has 0 spiro atoms. The number of nitrogens with zero attached hydrogens (tertiary/aromatic N) is 2. The molecule has 1 aliphatic rings. The van der Waals surface area contributed by atoms with E-state index in [-0.39, 0.29) is 18.0 Å². The Bertz CT molecular complexity index is 2060. The fraction of sp³-hybridized carbons (Fsp3) is 0.158. The van der Waals surface area contributed by atoms with E-state index >= 15 is 0 Å². The highest BCUT2D eigenvalue weighted by molar-refractivity contribution is 6.34. The SMILES string of the molecule is COc1ccc(Cc2nc3c(C4(Cc5ccncc5)C(=O)c5ccc(OCc6ccccc6)cc5C4=O)ccc(OC)c3[nH]2)cc1. The summed E-state index contributed by atoms with van der Waals surface area (Å²) >= 11 is 0. The summed E-state index contributed by atoms with van der Waals surface area (Å²) in [6.07, 6.45) is 3.98. The monoisotopic (exact) mass is 609 g/mol. The summed E-state index contributed by atoms with van der Waals surface area (Å²) in [5, 5.41) is 0. The van der Waals surface area contributed by atoms with Gasteiger partial charge in [-0.3, -0.25) is 14.6 Å². The number of nitrogens with one attached hydrogen (secondary N) is 1. The van der Waals surface area contributed by atoms with Crippen LogP contribution in [-0.2, 0) is 24.9 Å². The van der Waals surface area contributed by atoms with E-state index in [2.05, 4.69) is 9.97 Å². The van der Waals surface area contributed by atoms with E-state index in [1.54, 1.807) is 56.9 Å². The number of rotatable bonds is 10. The summed E-state index contributed by atoms with van der Waals surface area (Å²) in [6, 6.07) is 30.0. The van der Waals surface area contributed by atoms with Gasteiger partial charge in [-0.05, 0) is 71.6 Å². The number of aromatic nitrogens is 3. The summed E-state index contributed by atoms with van der Waals surface area (Å²) in [5.74, 6) is 1.97. The third-order valence-corrected chi connectivity index (χ3v) is 8.59. The lowest BCUT2D eigenvalue weighted by Crippen LogP contribution is -2.41. The smallest absolute Gasteiger partial charge is 0.182 e. The molecule has 1 aliphatic carbocycles. The summed E-state index contributed by atoms with van der Waals surface area (Å²) in [4.78, 5) is 41.9. The second-order valence-electron chi connectivity index (χ2n) is 11.3. The molecule has 0 fully saturated rings. The van der Waals surface area contributed by atoms with Crippen LogP contribution in [0.25, 0.3) is 11.0 Å². The van der Waals surface area contributed by atoms with Gasteiger partial charge >= 0.3 is 0 Å². The minimum atomic E-state index is -1.56. The molecular formula is C38H31N3O5. The molecule has 228 valence electrons. The molecule has 8 nitrogen and oxygen atoms in total. The Morgan fingerprint density at radius 2 is 1.46 bits per heavy atom. The fourth-order valence-electron chi connectivity index (χ4n) is 6.26. The number of carbonyl (C=O) groups is 2. The van der Waals surface area contributed by atoms with Crippen LogP contribution in [0.15, 0.2) is 109 Å². The molecular weight excluding hydrogens is 578 g/mol. The van der Waals surface area contributed by atoms with Crippen molar-refractivity contribution in [2.45, 2.75) is 24.9 Å². The first-order valence-corrected chi connectivity index (χ1v) is 15.0. The standard InChI is InChI=1S/C38H31N3O5/c1-44-27-10-8-24(9-11-27)20-33-40-34-31(14-15-32(45-2)35(34)41-33)38(22-25-16-18-39-19-17-25)36(42)29-13-12-28(21-30(29)37(38)43)46-23-26-6-4-3-5-7-26/h3-19,21H,20,22-23H2,1-2H3,(H,40,41). The Kier molecular flexibility index (Phi) is 7.54. The summed E-state index contributed by atoms with van der Waals surface area (Å²) in [6.45, 7) is 0.341. The molecule has 0 radical (unpaired) electrons. The lowest BCUT2D eigenvalue weighted by atomic mass is 9.71. The van der Waals surface area contributed by atoms with Gasteiger partial charge in [0.1, 0.15) is 40.6 Å². The molecule has 0 amide bonds. The lowest BCUT2D eigenvalue weighted by Gasteiger charge is -2.27. The van der Waals surface area contributed by atoms with E-state index in [0.29, 0.717) is 58.1 Å². The Balaban J connectivity index is 1.33. The molecule has 46 heavy (non-hydrogen) atoms. The van der Waals surface area contributed by atoms with Crippen LogP contribution in [0.4, 0.5) is 0 Å². The molecule has 7 rings (SSSR count). The quantitative estimate of drug-likeness (QED) is 0.172. The number of hydrogen-bond donors (Lipinski definition) is 1. The second-order valence-corrected chi connectivity index (χ2v) is 11.3. The van der Waals surface area contributed by atoms with Crippen LogP contribution in [0.2, 0.25) is 0 Å². The number of hydrogen-bond acceptors (Lipinski definition) is 7. The van der Waals surface area contributed by atoms with Gasteiger partial charge in [0.2, 0.25) is 0 Å². The average Bonchev–Trinajstić information content (AvgIpc) is 3.61. The van der Waals surface area contributed by atoms with E-state index in [1.165, 1.54) is 0 Å². The summed E-state index contributed by atoms with van der Waals surface area (Å²) in [5.41, 5.74) is 3.65. The fourth-order valence-corrected chi connectivity index (χ4v) is 6.26. The van der Waals surface area contributed by atoms with Crippen molar-refractivity contribution in [1.82, 2.24) is 15.0 Å². The normalized spacial score (nSPS) is 15.6. The van der Waals surface area contributed by atoms with E-state index in [4.69, 9.17) is 19.2 Å². The van der Waals surface area contributed by atoms with Crippen LogP contribution in [-0.4, -0.2) is 40.7 Å². The van der Waals surface area contributed by atoms with Crippen molar-refractivity contribution in [3.8, 4) is 17.2 Å². The van der Waals surface area contributed by atoms with Crippen molar-refractivity contribution in [1.29, 1.82) is 0 Å². The van der Waals surface area contributed by atoms with E-state index in [0.717, 1.165) is 22.4 Å². The number of ketones is 2. The van der Waals surface area contributed by atoms with Gasteiger partial charge in [0, 0.05) is 35.5 Å². The maximum absolute atomic E-state index is 14.7. The van der Waals surface area contributed by atoms with Crippen molar-refractivity contribution in [3.63, 3.8) is 0 Å². The molecule has 2 aromatic heterocycles. The number of Topliss-reactive ketones (excluding diaryl/α,β-unsaturated/α-hetero) is 2. The van der Waals surface area contributed by atoms with Gasteiger partial charge in [-0.25, -0.2) is 4.98 Å². The zero-order valence-corrected chi connectivity index (χ0v) is 25.4. The van der Waals surface area contributed by atoms with Gasteiger partial charge in [-0.15, -0.1) is 0 Å². The first kappa shape index (κ1) is 29.0. The largest absolute Gasteiger partial charge is 0.497 e. The topological polar surface area (TPSA) is 103 Å². The van der Waals surface area contributed by atoms with Crippen LogP contribution in [0.1, 0.15) is 48.8 Å². The first-order chi connectivity index (χ1) is 22.5. The van der Waals surface area contributed by atoms with Gasteiger partial charge in [-0.1, -0.05) is 48.5 Å². The molecule has 0 aliphatic heterocycles. The average molecular weight is 610 g/mol. The Morgan fingerprint density at radius 1 is 0.717 bits per heavy atom. The van der Waals surface area contributed by atoms with E-state index in [9.17, 15) is 9.59 Å². The number of ether oxygens (including phenoxy) is 3. The van der Waals surface area contributed by atoms with Crippen molar-refractivity contribution in [2.24, 2.45) is 0 Å². The Morgan fingerprint density at radius 3 is 2.20 bits per heavy atom. The number of benzene rings is 4. The molecule has 4 aromatic carbocycles. The van der Waals surface area contributed by atoms with Gasteiger partial charge < -0.3 is 19.2 Å². The van der Waals surface area contributed by atoms with E-state index < -0.39 is 5.41 Å². The van der Waals surface area contributed by atoms with Gasteiger partial charge in [-0.2, -0.15) is 0 Å². The molecule has 0 bridgehead atoms. The molecule has 1 N–H and O–H groups in total. The van der Waals surface area contributed by atoms with Gasteiger partial charge in [0.15, 0.2) is 11.6 Å². The summed E-state index contributed by atoms with van der Waals surface area (Å²) < 4.78 is 17.1. The van der Waals surface area contributed by atoms with E-state index in [1.807, 2.05) is 66.7 Å². The number of H-pyrrole nitrogens is 1. The van der Waals surface area contributed by atoms with Crippen LogP contribution in [0, 0.1) is 0 Å². The number of methoxy groups -OCH3 is 2. The highest BCUT2D eigenvalue weighted by atomic mass is 16.5. The summed E-state index contributed by atoms with van der Waals surface area (Å²) in [7, 11) is 3.22. The molecule has 0 saturated carbocycles. The Labute approximate surface area is 266 Å². The van der Waals surface area contributed by atoms with Crippen molar-refractivity contribution in [2.75, 3.05) is 14.2 Å². The number of pyridine rings is 1. The van der Waals surface area contributed by atoms with Crippen LogP contribution in [0.3, 0.4) is 0 Å².